The van der Waals surface area contributed by atoms with E-state index in [1.807, 2.05) is 0 Å². The van der Waals surface area contributed by atoms with Crippen molar-refractivity contribution in [3.05, 3.63) is 28.2 Å². The average Bonchev–Trinajstić information content (AvgIpc) is 2.78. The van der Waals surface area contributed by atoms with Crippen LogP contribution < -0.4 is 5.32 Å². The van der Waals surface area contributed by atoms with E-state index in [4.69, 9.17) is 0 Å². The summed E-state index contributed by atoms with van der Waals surface area (Å²) >= 11 is 3.62. The van der Waals surface area contributed by atoms with E-state index in [-0.39, 0.29) is 0 Å². The summed E-state index contributed by atoms with van der Waals surface area (Å²) in [5.41, 5.74) is 3.36. The molecular formula is C12H14BrN. The predicted molar refractivity (Wildman–Crippen MR) is 62.8 cm³/mol. The van der Waals surface area contributed by atoms with Crippen LogP contribution >= 0.6 is 15.9 Å². The second-order valence-electron chi connectivity index (χ2n) is 4.50. The lowest BCUT2D eigenvalue weighted by Crippen LogP contribution is -2.23. The van der Waals surface area contributed by atoms with Gasteiger partial charge < -0.3 is 5.32 Å². The van der Waals surface area contributed by atoms with Crippen LogP contribution in [0, 0.1) is 0 Å². The maximum absolute atomic E-state index is 3.62. The van der Waals surface area contributed by atoms with Crippen molar-refractivity contribution < 1.29 is 0 Å². The van der Waals surface area contributed by atoms with Gasteiger partial charge in [-0.05, 0) is 40.4 Å². The highest BCUT2D eigenvalue weighted by molar-refractivity contribution is 9.10. The van der Waals surface area contributed by atoms with Gasteiger partial charge in [0.25, 0.3) is 0 Å². The van der Waals surface area contributed by atoms with Gasteiger partial charge in [0.1, 0.15) is 0 Å². The first kappa shape index (κ1) is 8.78. The number of benzene rings is 1. The van der Waals surface area contributed by atoms with Gasteiger partial charge in [0.05, 0.1) is 5.69 Å². The Kier molecular flexibility index (Phi) is 1.88. The van der Waals surface area contributed by atoms with Crippen LogP contribution in [0.25, 0.3) is 0 Å². The molecule has 3 rings (SSSR count). The second kappa shape index (κ2) is 2.99. The summed E-state index contributed by atoms with van der Waals surface area (Å²) in [7, 11) is 0. The van der Waals surface area contributed by atoms with Crippen LogP contribution in [-0.4, -0.2) is 6.54 Å². The first-order valence-corrected chi connectivity index (χ1v) is 6.14. The smallest absolute Gasteiger partial charge is 0.0523 e. The summed E-state index contributed by atoms with van der Waals surface area (Å²) < 4.78 is 1.22. The molecule has 2 heteroatoms. The van der Waals surface area contributed by atoms with Crippen molar-refractivity contribution in [2.45, 2.75) is 31.1 Å². The molecule has 1 fully saturated rings. The van der Waals surface area contributed by atoms with Crippen molar-refractivity contribution in [3.8, 4) is 0 Å². The van der Waals surface area contributed by atoms with E-state index < -0.39 is 0 Å². The normalized spacial score (nSPS) is 22.4. The first-order valence-electron chi connectivity index (χ1n) is 5.35. The van der Waals surface area contributed by atoms with Gasteiger partial charge in [-0.15, -0.1) is 0 Å². The Morgan fingerprint density at radius 3 is 2.79 bits per heavy atom. The first-order chi connectivity index (χ1) is 6.82. The van der Waals surface area contributed by atoms with E-state index in [0.717, 1.165) is 6.54 Å². The lowest BCUT2D eigenvalue weighted by molar-refractivity contribution is 0.489. The van der Waals surface area contributed by atoms with Gasteiger partial charge in [-0.1, -0.05) is 25.0 Å². The summed E-state index contributed by atoms with van der Waals surface area (Å²) in [6, 6.07) is 6.58. The zero-order valence-electron chi connectivity index (χ0n) is 8.15. The number of halogens is 1. The van der Waals surface area contributed by atoms with Crippen LogP contribution in [0.15, 0.2) is 22.7 Å². The molecule has 1 N–H and O–H groups in total. The average molecular weight is 252 g/mol. The molecule has 74 valence electrons. The summed E-state index contributed by atoms with van der Waals surface area (Å²) in [4.78, 5) is 0. The highest BCUT2D eigenvalue weighted by Gasteiger charge is 2.41. The van der Waals surface area contributed by atoms with Crippen molar-refractivity contribution in [3.63, 3.8) is 0 Å². The van der Waals surface area contributed by atoms with Gasteiger partial charge in [-0.25, -0.2) is 0 Å². The fraction of sp³-hybridized carbons (Fsp3) is 0.500. The molecule has 0 bridgehead atoms. The minimum Gasteiger partial charge on any atom is -0.383 e. The molecule has 1 aromatic rings. The Balaban J connectivity index is 2.14. The van der Waals surface area contributed by atoms with E-state index in [9.17, 15) is 0 Å². The SMILES string of the molecule is Brc1cccc2c1NCC21CCCC1. The Hall–Kier alpha value is -0.500. The molecule has 0 aromatic heterocycles. The standard InChI is InChI=1S/C12H14BrN/c13-10-5-3-4-9-11(10)14-8-12(9)6-1-2-7-12/h3-5,14H,1-2,6-8H2. The number of hydrogen-bond acceptors (Lipinski definition) is 1. The molecule has 1 aromatic carbocycles. The molecule has 0 radical (unpaired) electrons. The topological polar surface area (TPSA) is 12.0 Å². The number of anilines is 1. The Bertz CT molecular complexity index is 367. The molecule has 2 aliphatic rings. The van der Waals surface area contributed by atoms with E-state index in [2.05, 4.69) is 39.4 Å². The number of rotatable bonds is 0. The molecule has 1 aliphatic carbocycles. The third-order valence-electron chi connectivity index (χ3n) is 3.75. The Morgan fingerprint density at radius 1 is 1.21 bits per heavy atom. The molecule has 1 nitrogen and oxygen atoms in total. The minimum atomic E-state index is 0.471. The lowest BCUT2D eigenvalue weighted by Gasteiger charge is -2.22. The van der Waals surface area contributed by atoms with Crippen LogP contribution in [0.5, 0.6) is 0 Å². The summed E-state index contributed by atoms with van der Waals surface area (Å²) in [6.45, 7) is 1.14. The largest absolute Gasteiger partial charge is 0.383 e. The monoisotopic (exact) mass is 251 g/mol. The maximum atomic E-state index is 3.62. The van der Waals surface area contributed by atoms with Gasteiger partial charge in [0.15, 0.2) is 0 Å². The fourth-order valence-corrected chi connectivity index (χ4v) is 3.50. The van der Waals surface area contributed by atoms with Gasteiger partial charge in [-0.2, -0.15) is 0 Å². The Labute approximate surface area is 93.0 Å². The molecule has 1 heterocycles. The van der Waals surface area contributed by atoms with Crippen molar-refractivity contribution in [1.29, 1.82) is 0 Å². The van der Waals surface area contributed by atoms with Gasteiger partial charge in [0, 0.05) is 16.4 Å². The van der Waals surface area contributed by atoms with Gasteiger partial charge in [-0.3, -0.25) is 0 Å². The molecule has 1 saturated carbocycles. The summed E-state index contributed by atoms with van der Waals surface area (Å²) in [5.74, 6) is 0. The minimum absolute atomic E-state index is 0.471. The zero-order chi connectivity index (χ0) is 9.60. The molecular weight excluding hydrogens is 238 g/mol. The van der Waals surface area contributed by atoms with Crippen LogP contribution in [0.1, 0.15) is 31.2 Å². The molecule has 0 amide bonds. The highest BCUT2D eigenvalue weighted by atomic mass is 79.9. The van der Waals surface area contributed by atoms with E-state index in [1.54, 1.807) is 5.56 Å². The molecule has 14 heavy (non-hydrogen) atoms. The number of fused-ring (bicyclic) bond motifs is 2. The lowest BCUT2D eigenvalue weighted by atomic mass is 9.81. The molecule has 1 spiro atoms. The maximum Gasteiger partial charge on any atom is 0.0523 e. The van der Waals surface area contributed by atoms with Crippen LogP contribution in [0.3, 0.4) is 0 Å². The van der Waals surface area contributed by atoms with Crippen LogP contribution in [0.4, 0.5) is 5.69 Å². The fourth-order valence-electron chi connectivity index (χ4n) is 3.00. The van der Waals surface area contributed by atoms with Crippen molar-refractivity contribution in [2.24, 2.45) is 0 Å². The second-order valence-corrected chi connectivity index (χ2v) is 5.36. The van der Waals surface area contributed by atoms with Gasteiger partial charge >= 0.3 is 0 Å². The summed E-state index contributed by atoms with van der Waals surface area (Å²) in [5, 5.41) is 3.55. The quantitative estimate of drug-likeness (QED) is 0.742. The van der Waals surface area contributed by atoms with Gasteiger partial charge in [0.2, 0.25) is 0 Å². The summed E-state index contributed by atoms with van der Waals surface area (Å²) in [6.07, 6.45) is 5.52. The van der Waals surface area contributed by atoms with Crippen LogP contribution in [-0.2, 0) is 5.41 Å². The molecule has 1 aliphatic heterocycles. The zero-order valence-corrected chi connectivity index (χ0v) is 9.73. The molecule has 0 unspecified atom stereocenters. The third kappa shape index (κ3) is 1.07. The van der Waals surface area contributed by atoms with E-state index in [1.165, 1.54) is 35.8 Å². The van der Waals surface area contributed by atoms with Crippen molar-refractivity contribution in [2.75, 3.05) is 11.9 Å². The number of nitrogens with one attached hydrogen (secondary N) is 1. The number of hydrogen-bond donors (Lipinski definition) is 1. The van der Waals surface area contributed by atoms with E-state index in [0.29, 0.717) is 5.41 Å². The van der Waals surface area contributed by atoms with Crippen molar-refractivity contribution >= 4 is 21.6 Å². The highest BCUT2D eigenvalue weighted by Crippen LogP contribution is 2.49. The molecule has 0 saturated heterocycles. The number of para-hydroxylation sites is 1. The molecule has 0 atom stereocenters. The van der Waals surface area contributed by atoms with Crippen LogP contribution in [0.2, 0.25) is 0 Å². The van der Waals surface area contributed by atoms with E-state index >= 15 is 0 Å². The van der Waals surface area contributed by atoms with Crippen molar-refractivity contribution in [1.82, 2.24) is 0 Å². The third-order valence-corrected chi connectivity index (χ3v) is 4.41. The Morgan fingerprint density at radius 2 is 2.00 bits per heavy atom. The predicted octanol–water partition coefficient (Wildman–Crippen LogP) is 3.69.